The number of amides is 2. The summed E-state index contributed by atoms with van der Waals surface area (Å²) in [6.07, 6.45) is 0.0243. The zero-order valence-electron chi connectivity index (χ0n) is 14.1. The third-order valence-electron chi connectivity index (χ3n) is 3.78. The van der Waals surface area contributed by atoms with E-state index in [0.29, 0.717) is 26.6 Å². The highest BCUT2D eigenvalue weighted by Crippen LogP contribution is 2.30. The van der Waals surface area contributed by atoms with Gasteiger partial charge in [0.15, 0.2) is 5.17 Å². The molecule has 9 heteroatoms. The molecule has 0 aromatic heterocycles. The highest BCUT2D eigenvalue weighted by atomic mass is 35.5. The Morgan fingerprint density at radius 3 is 2.74 bits per heavy atom. The highest BCUT2D eigenvalue weighted by molar-refractivity contribution is 8.15. The van der Waals surface area contributed by atoms with Gasteiger partial charge in [-0.15, -0.1) is 0 Å². The van der Waals surface area contributed by atoms with Gasteiger partial charge in [-0.1, -0.05) is 41.0 Å². The molecule has 5 nitrogen and oxygen atoms in total. The van der Waals surface area contributed by atoms with Crippen molar-refractivity contribution in [2.24, 2.45) is 4.99 Å². The van der Waals surface area contributed by atoms with Crippen molar-refractivity contribution in [3.63, 3.8) is 0 Å². The first-order valence-electron chi connectivity index (χ1n) is 7.87. The molecule has 3 rings (SSSR count). The first kappa shape index (κ1) is 19.7. The van der Waals surface area contributed by atoms with Crippen LogP contribution in [0.2, 0.25) is 10.0 Å². The summed E-state index contributed by atoms with van der Waals surface area (Å²) in [5.74, 6) is -1.04. The van der Waals surface area contributed by atoms with E-state index in [0.717, 1.165) is 11.8 Å². The van der Waals surface area contributed by atoms with Crippen LogP contribution in [0.25, 0.3) is 0 Å². The van der Waals surface area contributed by atoms with E-state index in [-0.39, 0.29) is 18.2 Å². The molecule has 1 aliphatic heterocycles. The van der Waals surface area contributed by atoms with Gasteiger partial charge >= 0.3 is 0 Å². The molecule has 2 amide bonds. The van der Waals surface area contributed by atoms with E-state index < -0.39 is 11.1 Å². The number of rotatable bonds is 3. The van der Waals surface area contributed by atoms with Gasteiger partial charge in [0.25, 0.3) is 0 Å². The fraction of sp³-hybridized carbons (Fsp3) is 0.167. The van der Waals surface area contributed by atoms with Crippen molar-refractivity contribution < 1.29 is 14.0 Å². The molecule has 1 unspecified atom stereocenters. The summed E-state index contributed by atoms with van der Waals surface area (Å²) in [4.78, 5) is 30.5. The van der Waals surface area contributed by atoms with E-state index >= 15 is 0 Å². The minimum atomic E-state index is -0.671. The van der Waals surface area contributed by atoms with Crippen molar-refractivity contribution >= 4 is 63.3 Å². The van der Waals surface area contributed by atoms with Crippen LogP contribution in [0.4, 0.5) is 15.8 Å². The van der Waals surface area contributed by atoms with E-state index in [9.17, 15) is 14.0 Å². The maximum Gasteiger partial charge on any atom is 0.238 e. The van der Waals surface area contributed by atoms with Crippen LogP contribution in [-0.4, -0.2) is 34.2 Å². The van der Waals surface area contributed by atoms with Crippen LogP contribution in [0, 0.1) is 5.82 Å². The van der Waals surface area contributed by atoms with E-state index in [1.165, 1.54) is 29.2 Å². The summed E-state index contributed by atoms with van der Waals surface area (Å²) in [5.41, 5.74) is 0.840. The number of aliphatic imine (C=N–C) groups is 1. The summed E-state index contributed by atoms with van der Waals surface area (Å²) in [6, 6.07) is 10.4. The van der Waals surface area contributed by atoms with Crippen molar-refractivity contribution in [3.05, 3.63) is 58.3 Å². The van der Waals surface area contributed by atoms with Gasteiger partial charge < -0.3 is 5.32 Å². The largest absolute Gasteiger partial charge is 0.325 e. The molecule has 1 fully saturated rings. The van der Waals surface area contributed by atoms with Gasteiger partial charge in [-0.25, -0.2) is 9.38 Å². The lowest BCUT2D eigenvalue weighted by Gasteiger charge is -2.28. The minimum absolute atomic E-state index is 0.0243. The first-order chi connectivity index (χ1) is 12.8. The van der Waals surface area contributed by atoms with Crippen molar-refractivity contribution in [2.45, 2.75) is 11.7 Å². The van der Waals surface area contributed by atoms with Gasteiger partial charge in [-0.05, 0) is 36.4 Å². The minimum Gasteiger partial charge on any atom is -0.325 e. The lowest BCUT2D eigenvalue weighted by atomic mass is 10.2. The van der Waals surface area contributed by atoms with Gasteiger partial charge in [0, 0.05) is 19.2 Å². The number of halogens is 3. The third kappa shape index (κ3) is 4.80. The zero-order chi connectivity index (χ0) is 19.6. The number of hydrogen-bond donors (Lipinski definition) is 1. The topological polar surface area (TPSA) is 61.8 Å². The summed E-state index contributed by atoms with van der Waals surface area (Å²) in [6.45, 7) is 0. The van der Waals surface area contributed by atoms with Crippen LogP contribution in [-0.2, 0) is 9.59 Å². The van der Waals surface area contributed by atoms with Crippen molar-refractivity contribution in [1.29, 1.82) is 0 Å². The molecule has 0 spiro atoms. The molecule has 1 N–H and O–H groups in total. The van der Waals surface area contributed by atoms with Gasteiger partial charge in [0.05, 0.1) is 15.7 Å². The number of nitrogens with zero attached hydrogens (tertiary/aromatic N) is 2. The molecule has 27 heavy (non-hydrogen) atoms. The number of carbonyl (C=O) groups excluding carboxylic acids is 2. The number of anilines is 1. The predicted molar refractivity (Wildman–Crippen MR) is 107 cm³/mol. The van der Waals surface area contributed by atoms with Crippen LogP contribution < -0.4 is 5.32 Å². The third-order valence-corrected chi connectivity index (χ3v) is 5.76. The Morgan fingerprint density at radius 1 is 1.26 bits per heavy atom. The van der Waals surface area contributed by atoms with E-state index in [4.69, 9.17) is 23.2 Å². The molecule has 2 aromatic rings. The second-order valence-corrected chi connectivity index (χ2v) is 7.74. The van der Waals surface area contributed by atoms with Crippen LogP contribution in [0.1, 0.15) is 6.42 Å². The van der Waals surface area contributed by atoms with Crippen LogP contribution in [0.3, 0.4) is 0 Å². The monoisotopic (exact) mass is 425 g/mol. The molecule has 0 aliphatic carbocycles. The Morgan fingerprint density at radius 2 is 2.04 bits per heavy atom. The molecule has 140 valence electrons. The molecule has 0 bridgehead atoms. The Bertz CT molecular complexity index is 939. The molecule has 1 atom stereocenters. The number of benzene rings is 2. The summed E-state index contributed by atoms with van der Waals surface area (Å²) in [5, 5.41) is 3.07. The predicted octanol–water partition coefficient (Wildman–Crippen LogP) is 4.72. The van der Waals surface area contributed by atoms with Crippen molar-refractivity contribution in [1.82, 2.24) is 4.90 Å². The quantitative estimate of drug-likeness (QED) is 0.773. The Balaban J connectivity index is 1.78. The SMILES string of the molecule is CN1C(=O)CC(C(=O)Nc2ccc(Cl)c(Cl)c2)SC1=Nc1cccc(F)c1. The van der Waals surface area contributed by atoms with Crippen molar-refractivity contribution in [2.75, 3.05) is 12.4 Å². The van der Waals surface area contributed by atoms with Crippen LogP contribution in [0.5, 0.6) is 0 Å². The molecular formula is C18H14Cl2FN3O2S. The van der Waals surface area contributed by atoms with E-state index in [1.54, 1.807) is 25.2 Å². The average molecular weight is 426 g/mol. The van der Waals surface area contributed by atoms with Gasteiger partial charge in [0.1, 0.15) is 11.1 Å². The fourth-order valence-corrected chi connectivity index (χ4v) is 3.71. The Kier molecular flexibility index (Phi) is 6.04. The maximum absolute atomic E-state index is 13.4. The molecule has 0 radical (unpaired) electrons. The van der Waals surface area contributed by atoms with Crippen molar-refractivity contribution in [3.8, 4) is 0 Å². The Labute approximate surface area is 169 Å². The standard InChI is InChI=1S/C18H14Cl2FN3O2S/c1-24-16(25)9-15(17(26)22-12-5-6-13(19)14(20)8-12)27-18(24)23-11-4-2-3-10(21)7-11/h2-8,15H,9H2,1H3,(H,22,26). The second-order valence-electron chi connectivity index (χ2n) is 5.76. The number of amidine groups is 1. The van der Waals surface area contributed by atoms with Gasteiger partial charge in [-0.2, -0.15) is 0 Å². The molecule has 0 saturated carbocycles. The summed E-state index contributed by atoms with van der Waals surface area (Å²) >= 11 is 13.0. The molecule has 1 aliphatic rings. The number of thioether (sulfide) groups is 1. The van der Waals surface area contributed by atoms with Gasteiger partial charge in [0.2, 0.25) is 11.8 Å². The second kappa shape index (κ2) is 8.29. The lowest BCUT2D eigenvalue weighted by molar-refractivity contribution is -0.128. The zero-order valence-corrected chi connectivity index (χ0v) is 16.4. The Hall–Kier alpha value is -2.09. The number of nitrogens with one attached hydrogen (secondary N) is 1. The van der Waals surface area contributed by atoms with Gasteiger partial charge in [-0.3, -0.25) is 14.5 Å². The fourth-order valence-electron chi connectivity index (χ4n) is 2.35. The normalized spacial score (nSPS) is 18.7. The maximum atomic E-state index is 13.4. The van der Waals surface area contributed by atoms with E-state index in [2.05, 4.69) is 10.3 Å². The molecular weight excluding hydrogens is 412 g/mol. The smallest absolute Gasteiger partial charge is 0.238 e. The number of carbonyl (C=O) groups is 2. The lowest BCUT2D eigenvalue weighted by Crippen LogP contribution is -2.43. The number of hydrogen-bond acceptors (Lipinski definition) is 4. The molecule has 1 heterocycles. The average Bonchev–Trinajstić information content (AvgIpc) is 2.62. The highest BCUT2D eigenvalue weighted by Gasteiger charge is 2.34. The molecule has 1 saturated heterocycles. The van der Waals surface area contributed by atoms with Crippen LogP contribution in [0.15, 0.2) is 47.5 Å². The first-order valence-corrected chi connectivity index (χ1v) is 9.50. The van der Waals surface area contributed by atoms with Crippen LogP contribution >= 0.6 is 35.0 Å². The summed E-state index contributed by atoms with van der Waals surface area (Å²) in [7, 11) is 1.57. The summed E-state index contributed by atoms with van der Waals surface area (Å²) < 4.78 is 13.4. The van der Waals surface area contributed by atoms with E-state index in [1.807, 2.05) is 0 Å². The molecule has 2 aromatic carbocycles.